The third-order valence-electron chi connectivity index (χ3n) is 5.21. The highest BCUT2D eigenvalue weighted by atomic mass is 79.9. The standard InChI is InChI=1S/C19H26BrClN2O2/c1-13(2)23-12-17(25-19(23)24)11-22-7-5-14(6-8-22)9-15-10-16(21)3-4-18(15)20/h3-4,10,13-14,17H,5-9,11-12H2,1-2H3. The van der Waals surface area contributed by atoms with Gasteiger partial charge in [-0.25, -0.2) is 4.79 Å². The van der Waals surface area contributed by atoms with Gasteiger partial charge in [0.2, 0.25) is 0 Å². The molecule has 3 rings (SSSR count). The zero-order chi connectivity index (χ0) is 18.0. The Labute approximate surface area is 163 Å². The fraction of sp³-hybridized carbons (Fsp3) is 0.632. The third-order valence-corrected chi connectivity index (χ3v) is 6.22. The third kappa shape index (κ3) is 4.89. The van der Waals surface area contributed by atoms with Crippen molar-refractivity contribution in [3.63, 3.8) is 0 Å². The van der Waals surface area contributed by atoms with Crippen LogP contribution in [0.2, 0.25) is 5.02 Å². The molecule has 0 aliphatic carbocycles. The van der Waals surface area contributed by atoms with Crippen molar-refractivity contribution in [2.75, 3.05) is 26.2 Å². The van der Waals surface area contributed by atoms with Crippen LogP contribution in [0.1, 0.15) is 32.3 Å². The van der Waals surface area contributed by atoms with Crippen molar-refractivity contribution in [2.45, 2.75) is 45.3 Å². The fourth-order valence-corrected chi connectivity index (χ4v) is 4.33. The normalized spacial score (nSPS) is 22.7. The van der Waals surface area contributed by atoms with Crippen LogP contribution in [0, 0.1) is 5.92 Å². The molecular weight excluding hydrogens is 404 g/mol. The molecular formula is C19H26BrClN2O2. The number of cyclic esters (lactones) is 1. The minimum Gasteiger partial charge on any atom is -0.443 e. The average Bonchev–Trinajstić information content (AvgIpc) is 2.93. The summed E-state index contributed by atoms with van der Waals surface area (Å²) in [4.78, 5) is 16.1. The summed E-state index contributed by atoms with van der Waals surface area (Å²) in [5.74, 6) is 0.685. The van der Waals surface area contributed by atoms with Gasteiger partial charge in [-0.15, -0.1) is 0 Å². The lowest BCUT2D eigenvalue weighted by Gasteiger charge is -2.33. The molecule has 2 saturated heterocycles. The molecule has 2 aliphatic rings. The van der Waals surface area contributed by atoms with Gasteiger partial charge in [-0.2, -0.15) is 0 Å². The van der Waals surface area contributed by atoms with Gasteiger partial charge in [0.15, 0.2) is 0 Å². The number of hydrogen-bond acceptors (Lipinski definition) is 3. The molecule has 6 heteroatoms. The number of rotatable bonds is 5. The number of carbonyl (C=O) groups excluding carboxylic acids is 1. The van der Waals surface area contributed by atoms with Gasteiger partial charge < -0.3 is 9.64 Å². The van der Waals surface area contributed by atoms with Crippen molar-refractivity contribution >= 4 is 33.6 Å². The van der Waals surface area contributed by atoms with E-state index >= 15 is 0 Å². The van der Waals surface area contributed by atoms with Crippen molar-refractivity contribution in [1.82, 2.24) is 9.80 Å². The lowest BCUT2D eigenvalue weighted by atomic mass is 9.90. The quantitative estimate of drug-likeness (QED) is 0.686. The van der Waals surface area contributed by atoms with E-state index in [-0.39, 0.29) is 18.2 Å². The first-order valence-electron chi connectivity index (χ1n) is 9.06. The molecule has 1 atom stereocenters. The van der Waals surface area contributed by atoms with Crippen molar-refractivity contribution in [3.8, 4) is 0 Å². The molecule has 1 aromatic rings. The van der Waals surface area contributed by atoms with Crippen molar-refractivity contribution < 1.29 is 9.53 Å². The number of likely N-dealkylation sites (tertiary alicyclic amines) is 1. The maximum atomic E-state index is 11.9. The molecule has 4 nitrogen and oxygen atoms in total. The summed E-state index contributed by atoms with van der Waals surface area (Å²) in [7, 11) is 0. The lowest BCUT2D eigenvalue weighted by molar-refractivity contribution is 0.0902. The summed E-state index contributed by atoms with van der Waals surface area (Å²) in [5, 5.41) is 0.799. The highest BCUT2D eigenvalue weighted by molar-refractivity contribution is 9.10. The van der Waals surface area contributed by atoms with Crippen LogP contribution in [0.25, 0.3) is 0 Å². The van der Waals surface area contributed by atoms with Gasteiger partial charge in [0, 0.05) is 22.1 Å². The zero-order valence-corrected chi connectivity index (χ0v) is 17.2. The Morgan fingerprint density at radius 1 is 1.32 bits per heavy atom. The van der Waals surface area contributed by atoms with E-state index in [1.165, 1.54) is 18.4 Å². The van der Waals surface area contributed by atoms with Crippen molar-refractivity contribution in [3.05, 3.63) is 33.3 Å². The van der Waals surface area contributed by atoms with E-state index < -0.39 is 0 Å². The van der Waals surface area contributed by atoms with E-state index in [2.05, 4.69) is 26.9 Å². The number of nitrogens with zero attached hydrogens (tertiary/aromatic N) is 2. The van der Waals surface area contributed by atoms with Crippen molar-refractivity contribution in [2.24, 2.45) is 5.92 Å². The summed E-state index contributed by atoms with van der Waals surface area (Å²) < 4.78 is 6.66. The van der Waals surface area contributed by atoms with Gasteiger partial charge >= 0.3 is 6.09 Å². The van der Waals surface area contributed by atoms with E-state index in [1.54, 1.807) is 0 Å². The summed E-state index contributed by atoms with van der Waals surface area (Å²) >= 11 is 9.75. The predicted molar refractivity (Wildman–Crippen MR) is 104 cm³/mol. The first kappa shape index (κ1) is 19.0. The minimum atomic E-state index is -0.166. The molecule has 0 spiro atoms. The second-order valence-electron chi connectivity index (χ2n) is 7.44. The van der Waals surface area contributed by atoms with Gasteiger partial charge in [-0.05, 0) is 75.9 Å². The highest BCUT2D eigenvalue weighted by Crippen LogP contribution is 2.28. The molecule has 2 heterocycles. The molecule has 1 aromatic carbocycles. The lowest BCUT2D eigenvalue weighted by Crippen LogP contribution is -2.41. The number of carbonyl (C=O) groups is 1. The van der Waals surface area contributed by atoms with Crippen LogP contribution in [0.4, 0.5) is 4.79 Å². The van der Waals surface area contributed by atoms with Gasteiger partial charge in [0.05, 0.1) is 6.54 Å². The van der Waals surface area contributed by atoms with E-state index in [0.717, 1.165) is 35.6 Å². The summed E-state index contributed by atoms with van der Waals surface area (Å²) in [5.41, 5.74) is 1.29. The molecule has 0 radical (unpaired) electrons. The molecule has 1 unspecified atom stereocenters. The summed E-state index contributed by atoms with van der Waals surface area (Å²) in [6, 6.07) is 6.22. The Hall–Kier alpha value is -0.780. The molecule has 138 valence electrons. The Morgan fingerprint density at radius 2 is 2.04 bits per heavy atom. The number of piperidine rings is 1. The van der Waals surface area contributed by atoms with E-state index in [9.17, 15) is 4.79 Å². The van der Waals surface area contributed by atoms with Crippen LogP contribution in [0.15, 0.2) is 22.7 Å². The average molecular weight is 430 g/mol. The number of benzene rings is 1. The van der Waals surface area contributed by atoms with Crippen LogP contribution in [-0.2, 0) is 11.2 Å². The molecule has 0 saturated carbocycles. The Balaban J connectivity index is 1.46. The zero-order valence-electron chi connectivity index (χ0n) is 14.9. The number of hydrogen-bond donors (Lipinski definition) is 0. The van der Waals surface area contributed by atoms with Gasteiger partial charge in [0.1, 0.15) is 6.10 Å². The summed E-state index contributed by atoms with van der Waals surface area (Å²) in [6.07, 6.45) is 3.25. The predicted octanol–water partition coefficient (Wildman–Crippen LogP) is 4.59. The van der Waals surface area contributed by atoms with Gasteiger partial charge in [-0.1, -0.05) is 27.5 Å². The Kier molecular flexibility index (Phi) is 6.29. The number of ether oxygens (including phenoxy) is 1. The van der Waals surface area contributed by atoms with E-state index in [1.807, 2.05) is 30.9 Å². The van der Waals surface area contributed by atoms with Crippen LogP contribution in [0.5, 0.6) is 0 Å². The Morgan fingerprint density at radius 3 is 2.68 bits per heavy atom. The molecule has 0 bridgehead atoms. The molecule has 2 aliphatic heterocycles. The monoisotopic (exact) mass is 428 g/mol. The van der Waals surface area contributed by atoms with E-state index in [0.29, 0.717) is 12.5 Å². The summed E-state index contributed by atoms with van der Waals surface area (Å²) in [6.45, 7) is 7.76. The van der Waals surface area contributed by atoms with E-state index in [4.69, 9.17) is 16.3 Å². The van der Waals surface area contributed by atoms with Crippen LogP contribution in [0.3, 0.4) is 0 Å². The van der Waals surface area contributed by atoms with Crippen molar-refractivity contribution in [1.29, 1.82) is 0 Å². The molecule has 0 N–H and O–H groups in total. The molecule has 1 amide bonds. The fourth-order valence-electron chi connectivity index (χ4n) is 3.73. The molecule has 0 aromatic heterocycles. The first-order chi connectivity index (χ1) is 11.9. The molecule has 25 heavy (non-hydrogen) atoms. The second-order valence-corrected chi connectivity index (χ2v) is 8.73. The Bertz CT molecular complexity index is 617. The first-order valence-corrected chi connectivity index (χ1v) is 10.2. The largest absolute Gasteiger partial charge is 0.443 e. The maximum Gasteiger partial charge on any atom is 0.410 e. The second kappa shape index (κ2) is 8.28. The van der Waals surface area contributed by atoms with Gasteiger partial charge in [-0.3, -0.25) is 4.90 Å². The smallest absolute Gasteiger partial charge is 0.410 e. The topological polar surface area (TPSA) is 32.8 Å². The molecule has 2 fully saturated rings. The number of halogens is 2. The van der Waals surface area contributed by atoms with Crippen LogP contribution < -0.4 is 0 Å². The highest BCUT2D eigenvalue weighted by Gasteiger charge is 2.34. The van der Waals surface area contributed by atoms with Crippen LogP contribution in [-0.4, -0.2) is 54.2 Å². The van der Waals surface area contributed by atoms with Crippen LogP contribution >= 0.6 is 27.5 Å². The maximum absolute atomic E-state index is 11.9. The number of amides is 1. The van der Waals surface area contributed by atoms with Gasteiger partial charge in [0.25, 0.3) is 0 Å². The minimum absolute atomic E-state index is 0.00789. The SMILES string of the molecule is CC(C)N1CC(CN2CCC(Cc3cc(Cl)ccc3Br)CC2)OC1=O.